The SMILES string of the molecule is CC(C)N/C(=C\C(=N)c1cnc(N)c(C(F)(F)F)c1)[C@H]1[C@@H]2CCC[C@@H]21. The van der Waals surface area contributed by atoms with Crippen LogP contribution in [0.2, 0.25) is 0 Å². The molecule has 2 saturated carbocycles. The summed E-state index contributed by atoms with van der Waals surface area (Å²) in [4.78, 5) is 3.62. The molecule has 2 aliphatic rings. The average molecular weight is 352 g/mol. The van der Waals surface area contributed by atoms with Gasteiger partial charge in [-0.15, -0.1) is 0 Å². The lowest BCUT2D eigenvalue weighted by molar-refractivity contribution is -0.137. The van der Waals surface area contributed by atoms with Crippen LogP contribution in [0.15, 0.2) is 24.0 Å². The number of nitrogens with two attached hydrogens (primary N) is 1. The van der Waals surface area contributed by atoms with E-state index in [0.29, 0.717) is 17.8 Å². The van der Waals surface area contributed by atoms with Crippen LogP contribution in [0, 0.1) is 23.2 Å². The molecule has 0 bridgehead atoms. The fourth-order valence-electron chi connectivity index (χ4n) is 3.94. The summed E-state index contributed by atoms with van der Waals surface area (Å²) in [5.41, 5.74) is 5.44. The minimum atomic E-state index is -4.58. The van der Waals surface area contributed by atoms with Gasteiger partial charge in [0.15, 0.2) is 0 Å². The fourth-order valence-corrected chi connectivity index (χ4v) is 3.94. The van der Waals surface area contributed by atoms with Crippen molar-refractivity contribution in [3.05, 3.63) is 35.2 Å². The minimum Gasteiger partial charge on any atom is -0.386 e. The van der Waals surface area contributed by atoms with Gasteiger partial charge in [-0.2, -0.15) is 13.2 Å². The highest BCUT2D eigenvalue weighted by atomic mass is 19.4. The number of pyridine rings is 1. The second-order valence-electron chi connectivity index (χ2n) is 7.25. The molecule has 4 N–H and O–H groups in total. The highest BCUT2D eigenvalue weighted by Gasteiger charge is 2.54. The van der Waals surface area contributed by atoms with Gasteiger partial charge in [0.2, 0.25) is 0 Å². The molecule has 1 aromatic heterocycles. The maximum absolute atomic E-state index is 13.0. The van der Waals surface area contributed by atoms with Gasteiger partial charge >= 0.3 is 6.18 Å². The normalized spacial score (nSPS) is 25.8. The Morgan fingerprint density at radius 2 is 2.00 bits per heavy atom. The molecule has 136 valence electrons. The van der Waals surface area contributed by atoms with E-state index in [1.54, 1.807) is 6.08 Å². The van der Waals surface area contributed by atoms with Gasteiger partial charge in [0, 0.05) is 29.4 Å². The summed E-state index contributed by atoms with van der Waals surface area (Å²) in [7, 11) is 0. The molecular weight excluding hydrogens is 329 g/mol. The molecule has 0 spiro atoms. The first-order valence-electron chi connectivity index (χ1n) is 8.58. The molecule has 4 nitrogen and oxygen atoms in total. The third kappa shape index (κ3) is 3.65. The molecule has 3 atom stereocenters. The zero-order valence-electron chi connectivity index (χ0n) is 14.3. The number of fused-ring (bicyclic) bond motifs is 1. The number of anilines is 1. The van der Waals surface area contributed by atoms with E-state index in [9.17, 15) is 13.2 Å². The fraction of sp³-hybridized carbons (Fsp3) is 0.556. The average Bonchev–Trinajstić information content (AvgIpc) is 2.97. The van der Waals surface area contributed by atoms with Crippen molar-refractivity contribution < 1.29 is 13.2 Å². The molecule has 2 aliphatic carbocycles. The third-order valence-electron chi connectivity index (χ3n) is 5.06. The van der Waals surface area contributed by atoms with Crippen molar-refractivity contribution in [3.8, 4) is 0 Å². The van der Waals surface area contributed by atoms with E-state index in [2.05, 4.69) is 10.3 Å². The molecule has 0 radical (unpaired) electrons. The van der Waals surface area contributed by atoms with Crippen molar-refractivity contribution in [2.24, 2.45) is 17.8 Å². The molecular formula is C18H23F3N4. The summed E-state index contributed by atoms with van der Waals surface area (Å²) >= 11 is 0. The Hall–Kier alpha value is -2.05. The summed E-state index contributed by atoms with van der Waals surface area (Å²) < 4.78 is 39.0. The zero-order chi connectivity index (χ0) is 18.4. The molecule has 7 heteroatoms. The molecule has 0 saturated heterocycles. The minimum absolute atomic E-state index is 0.0196. The van der Waals surface area contributed by atoms with Crippen molar-refractivity contribution in [2.45, 2.75) is 45.3 Å². The van der Waals surface area contributed by atoms with E-state index in [-0.39, 0.29) is 17.3 Å². The zero-order valence-corrected chi connectivity index (χ0v) is 14.3. The molecule has 0 unspecified atom stereocenters. The first-order valence-corrected chi connectivity index (χ1v) is 8.58. The van der Waals surface area contributed by atoms with Crippen LogP contribution in [0.25, 0.3) is 0 Å². The summed E-state index contributed by atoms with van der Waals surface area (Å²) in [5, 5.41) is 11.6. The van der Waals surface area contributed by atoms with Gasteiger partial charge in [-0.05, 0) is 50.7 Å². The second kappa shape index (κ2) is 6.35. The van der Waals surface area contributed by atoms with Crippen LogP contribution in [-0.2, 0) is 6.18 Å². The standard InChI is InChI=1S/C18H23F3N4/c1-9(2)25-15(16-11-4-3-5-12(11)16)7-14(22)10-6-13(18(19,20)21)17(23)24-8-10/h6-9,11-12,16,22,25H,3-5H2,1-2H3,(H2,23,24)/b15-7-,22-14?/t11-,12+,16+. The van der Waals surface area contributed by atoms with Crippen LogP contribution in [0.1, 0.15) is 44.2 Å². The molecule has 0 aliphatic heterocycles. The van der Waals surface area contributed by atoms with Crippen LogP contribution in [0.5, 0.6) is 0 Å². The first kappa shape index (κ1) is 17.8. The largest absolute Gasteiger partial charge is 0.419 e. The van der Waals surface area contributed by atoms with Gasteiger partial charge in [0.05, 0.1) is 11.3 Å². The Morgan fingerprint density at radius 3 is 2.56 bits per heavy atom. The van der Waals surface area contributed by atoms with Gasteiger partial charge < -0.3 is 16.5 Å². The Morgan fingerprint density at radius 1 is 1.36 bits per heavy atom. The quantitative estimate of drug-likeness (QED) is 0.702. The Labute approximate surface area is 145 Å². The Bertz CT molecular complexity index is 699. The Balaban J connectivity index is 1.86. The third-order valence-corrected chi connectivity index (χ3v) is 5.06. The highest BCUT2D eigenvalue weighted by Crippen LogP contribution is 2.60. The van der Waals surface area contributed by atoms with Crippen molar-refractivity contribution in [2.75, 3.05) is 5.73 Å². The molecule has 25 heavy (non-hydrogen) atoms. The van der Waals surface area contributed by atoms with E-state index >= 15 is 0 Å². The lowest BCUT2D eigenvalue weighted by atomic mass is 10.0. The predicted molar refractivity (Wildman–Crippen MR) is 91.2 cm³/mol. The molecule has 0 aromatic carbocycles. The summed E-state index contributed by atoms with van der Waals surface area (Å²) in [6.07, 6.45) is 1.95. The molecule has 1 aromatic rings. The van der Waals surface area contributed by atoms with E-state index < -0.39 is 17.6 Å². The van der Waals surface area contributed by atoms with Crippen molar-refractivity contribution in [1.29, 1.82) is 5.41 Å². The number of hydrogen-bond donors (Lipinski definition) is 3. The lowest BCUT2D eigenvalue weighted by Crippen LogP contribution is -2.25. The predicted octanol–water partition coefficient (Wildman–Crippen LogP) is 3.98. The maximum atomic E-state index is 13.0. The number of aromatic nitrogens is 1. The number of nitrogens with one attached hydrogen (secondary N) is 2. The molecule has 1 heterocycles. The van der Waals surface area contributed by atoms with Crippen molar-refractivity contribution in [3.63, 3.8) is 0 Å². The van der Waals surface area contributed by atoms with E-state index in [0.717, 1.165) is 11.8 Å². The van der Waals surface area contributed by atoms with Gasteiger partial charge in [-0.1, -0.05) is 6.42 Å². The van der Waals surface area contributed by atoms with Crippen LogP contribution >= 0.6 is 0 Å². The monoisotopic (exact) mass is 352 g/mol. The maximum Gasteiger partial charge on any atom is 0.419 e. The number of allylic oxidation sites excluding steroid dienone is 2. The van der Waals surface area contributed by atoms with Crippen molar-refractivity contribution in [1.82, 2.24) is 10.3 Å². The topological polar surface area (TPSA) is 74.8 Å². The summed E-state index contributed by atoms with van der Waals surface area (Å²) in [5.74, 6) is 1.15. The van der Waals surface area contributed by atoms with Crippen LogP contribution in [0.4, 0.5) is 19.0 Å². The summed E-state index contributed by atoms with van der Waals surface area (Å²) in [6.45, 7) is 4.03. The highest BCUT2D eigenvalue weighted by molar-refractivity contribution is 6.07. The number of rotatable bonds is 5. The number of halogens is 3. The first-order chi connectivity index (χ1) is 11.7. The van der Waals surface area contributed by atoms with Crippen LogP contribution in [-0.4, -0.2) is 16.7 Å². The van der Waals surface area contributed by atoms with Gasteiger partial charge in [-0.25, -0.2) is 4.98 Å². The number of alkyl halides is 3. The van der Waals surface area contributed by atoms with Crippen LogP contribution < -0.4 is 11.1 Å². The van der Waals surface area contributed by atoms with E-state index in [1.807, 2.05) is 13.8 Å². The van der Waals surface area contributed by atoms with E-state index in [1.165, 1.54) is 25.5 Å². The summed E-state index contributed by atoms with van der Waals surface area (Å²) in [6, 6.07) is 1.11. The van der Waals surface area contributed by atoms with Crippen molar-refractivity contribution >= 4 is 11.5 Å². The molecule has 2 fully saturated rings. The smallest absolute Gasteiger partial charge is 0.386 e. The molecule has 0 amide bonds. The van der Waals surface area contributed by atoms with Gasteiger partial charge in [-0.3, -0.25) is 0 Å². The number of hydrogen-bond acceptors (Lipinski definition) is 4. The Kier molecular flexibility index (Phi) is 4.51. The number of nitrogens with zero attached hydrogens (tertiary/aromatic N) is 1. The van der Waals surface area contributed by atoms with Gasteiger partial charge in [0.1, 0.15) is 5.82 Å². The number of nitrogen functional groups attached to an aromatic ring is 1. The van der Waals surface area contributed by atoms with Crippen LogP contribution in [0.3, 0.4) is 0 Å². The lowest BCUT2D eigenvalue weighted by Gasteiger charge is -2.17. The van der Waals surface area contributed by atoms with E-state index in [4.69, 9.17) is 11.1 Å². The van der Waals surface area contributed by atoms with Gasteiger partial charge in [0.25, 0.3) is 0 Å². The second-order valence-corrected chi connectivity index (χ2v) is 7.25. The molecule has 3 rings (SSSR count).